The summed E-state index contributed by atoms with van der Waals surface area (Å²) in [4.78, 5) is 13.7. The second kappa shape index (κ2) is 7.74. The molecule has 0 amide bonds. The van der Waals surface area contributed by atoms with Crippen molar-refractivity contribution >= 4 is 5.97 Å². The van der Waals surface area contributed by atoms with Gasteiger partial charge in [-0.1, -0.05) is 20.3 Å². The van der Waals surface area contributed by atoms with Gasteiger partial charge in [-0.3, -0.25) is 9.69 Å². The summed E-state index contributed by atoms with van der Waals surface area (Å²) in [6, 6.07) is 0.422. The molecular weight excluding hydrogens is 228 g/mol. The number of nitrogens with two attached hydrogens (primary N) is 1. The SMILES string of the molecule is CCCC(C(=O)O)N(CCC)C1CCC(N)CC1. The number of aliphatic carboxylic acids is 1. The Balaban J connectivity index is 2.69. The van der Waals surface area contributed by atoms with Gasteiger partial charge in [0.1, 0.15) is 6.04 Å². The average molecular weight is 256 g/mol. The van der Waals surface area contributed by atoms with Crippen LogP contribution in [0.5, 0.6) is 0 Å². The minimum atomic E-state index is -0.667. The highest BCUT2D eigenvalue weighted by atomic mass is 16.4. The van der Waals surface area contributed by atoms with Crippen LogP contribution >= 0.6 is 0 Å². The maximum absolute atomic E-state index is 11.4. The first kappa shape index (κ1) is 15.4. The number of nitrogens with zero attached hydrogens (tertiary/aromatic N) is 1. The first-order valence-electron chi connectivity index (χ1n) is 7.34. The van der Waals surface area contributed by atoms with E-state index in [9.17, 15) is 9.90 Å². The van der Waals surface area contributed by atoms with Gasteiger partial charge in [0, 0.05) is 12.1 Å². The summed E-state index contributed by atoms with van der Waals surface area (Å²) in [6.45, 7) is 5.06. The highest BCUT2D eigenvalue weighted by molar-refractivity contribution is 5.73. The molecule has 0 radical (unpaired) electrons. The Labute approximate surface area is 111 Å². The second-order valence-corrected chi connectivity index (χ2v) is 5.45. The van der Waals surface area contributed by atoms with E-state index in [1.54, 1.807) is 0 Å². The monoisotopic (exact) mass is 256 g/mol. The molecule has 106 valence electrons. The van der Waals surface area contributed by atoms with Gasteiger partial charge in [0.2, 0.25) is 0 Å². The summed E-state index contributed by atoms with van der Waals surface area (Å²) in [5.74, 6) is -0.667. The number of hydrogen-bond donors (Lipinski definition) is 2. The molecule has 1 aliphatic rings. The highest BCUT2D eigenvalue weighted by Gasteiger charge is 2.32. The molecule has 0 aromatic rings. The molecular formula is C14H28N2O2. The lowest BCUT2D eigenvalue weighted by atomic mass is 9.89. The predicted molar refractivity (Wildman–Crippen MR) is 73.6 cm³/mol. The Morgan fingerprint density at radius 1 is 1.28 bits per heavy atom. The van der Waals surface area contributed by atoms with E-state index in [2.05, 4.69) is 18.7 Å². The van der Waals surface area contributed by atoms with Gasteiger partial charge in [-0.2, -0.15) is 0 Å². The van der Waals surface area contributed by atoms with Crippen molar-refractivity contribution in [3.63, 3.8) is 0 Å². The fraction of sp³-hybridized carbons (Fsp3) is 0.929. The minimum Gasteiger partial charge on any atom is -0.480 e. The van der Waals surface area contributed by atoms with Crippen molar-refractivity contribution in [2.75, 3.05) is 6.54 Å². The molecule has 0 spiro atoms. The van der Waals surface area contributed by atoms with Crippen molar-refractivity contribution < 1.29 is 9.90 Å². The van der Waals surface area contributed by atoms with Crippen molar-refractivity contribution in [3.05, 3.63) is 0 Å². The van der Waals surface area contributed by atoms with Crippen molar-refractivity contribution in [1.29, 1.82) is 0 Å². The maximum atomic E-state index is 11.4. The summed E-state index contributed by atoms with van der Waals surface area (Å²) in [5, 5.41) is 9.42. The van der Waals surface area contributed by atoms with Crippen molar-refractivity contribution in [2.45, 2.75) is 76.9 Å². The van der Waals surface area contributed by atoms with E-state index in [1.165, 1.54) is 0 Å². The van der Waals surface area contributed by atoms with Crippen LogP contribution in [0, 0.1) is 0 Å². The van der Waals surface area contributed by atoms with Crippen molar-refractivity contribution in [2.24, 2.45) is 5.73 Å². The van der Waals surface area contributed by atoms with Crippen LogP contribution in [-0.4, -0.2) is 40.6 Å². The Bertz CT molecular complexity index is 250. The van der Waals surface area contributed by atoms with E-state index in [1.807, 2.05) is 0 Å². The van der Waals surface area contributed by atoms with E-state index in [0.717, 1.165) is 51.5 Å². The van der Waals surface area contributed by atoms with Crippen LogP contribution < -0.4 is 5.73 Å². The minimum absolute atomic E-state index is 0.311. The fourth-order valence-electron chi connectivity index (χ4n) is 2.99. The van der Waals surface area contributed by atoms with Crippen LogP contribution in [0.1, 0.15) is 58.8 Å². The zero-order valence-electron chi connectivity index (χ0n) is 11.8. The van der Waals surface area contributed by atoms with Crippen molar-refractivity contribution in [3.8, 4) is 0 Å². The molecule has 0 aliphatic heterocycles. The van der Waals surface area contributed by atoms with Gasteiger partial charge < -0.3 is 10.8 Å². The summed E-state index contributed by atoms with van der Waals surface area (Å²) in [5.41, 5.74) is 5.93. The van der Waals surface area contributed by atoms with Gasteiger partial charge in [-0.25, -0.2) is 0 Å². The van der Waals surface area contributed by atoms with Crippen LogP contribution in [0.25, 0.3) is 0 Å². The van der Waals surface area contributed by atoms with Crippen molar-refractivity contribution in [1.82, 2.24) is 4.90 Å². The molecule has 0 aromatic carbocycles. The third kappa shape index (κ3) is 4.25. The van der Waals surface area contributed by atoms with Gasteiger partial charge in [-0.05, 0) is 45.1 Å². The normalized spacial score (nSPS) is 26.2. The lowest BCUT2D eigenvalue weighted by Gasteiger charge is -2.39. The van der Waals surface area contributed by atoms with E-state index < -0.39 is 5.97 Å². The Morgan fingerprint density at radius 3 is 2.33 bits per heavy atom. The quantitative estimate of drug-likeness (QED) is 0.733. The van der Waals surface area contributed by atoms with Gasteiger partial charge in [-0.15, -0.1) is 0 Å². The third-order valence-electron chi connectivity index (χ3n) is 3.94. The van der Waals surface area contributed by atoms with Crippen LogP contribution in [0.2, 0.25) is 0 Å². The summed E-state index contributed by atoms with van der Waals surface area (Å²) >= 11 is 0. The van der Waals surface area contributed by atoms with E-state index in [4.69, 9.17) is 5.73 Å². The Kier molecular flexibility index (Phi) is 6.65. The molecule has 18 heavy (non-hydrogen) atoms. The number of carbonyl (C=O) groups is 1. The molecule has 4 heteroatoms. The van der Waals surface area contributed by atoms with Gasteiger partial charge in [0.25, 0.3) is 0 Å². The largest absolute Gasteiger partial charge is 0.480 e. The molecule has 0 heterocycles. The second-order valence-electron chi connectivity index (χ2n) is 5.45. The Hall–Kier alpha value is -0.610. The predicted octanol–water partition coefficient (Wildman–Crippen LogP) is 2.22. The van der Waals surface area contributed by atoms with Crippen LogP contribution in [0.3, 0.4) is 0 Å². The molecule has 1 aliphatic carbocycles. The first-order valence-corrected chi connectivity index (χ1v) is 7.34. The standard InChI is InChI=1S/C14H28N2O2/c1-3-5-13(14(17)18)16(10-4-2)12-8-6-11(15)7-9-12/h11-13H,3-10,15H2,1-2H3,(H,17,18). The molecule has 3 N–H and O–H groups in total. The molecule has 0 saturated heterocycles. The summed E-state index contributed by atoms with van der Waals surface area (Å²) in [6.07, 6.45) is 6.84. The zero-order chi connectivity index (χ0) is 13.5. The van der Waals surface area contributed by atoms with E-state index in [0.29, 0.717) is 12.1 Å². The van der Waals surface area contributed by atoms with E-state index in [-0.39, 0.29) is 6.04 Å². The fourth-order valence-corrected chi connectivity index (χ4v) is 2.99. The molecule has 4 nitrogen and oxygen atoms in total. The number of rotatable bonds is 7. The molecule has 1 fully saturated rings. The third-order valence-corrected chi connectivity index (χ3v) is 3.94. The van der Waals surface area contributed by atoms with Gasteiger partial charge >= 0.3 is 5.97 Å². The summed E-state index contributed by atoms with van der Waals surface area (Å²) in [7, 11) is 0. The van der Waals surface area contributed by atoms with E-state index >= 15 is 0 Å². The maximum Gasteiger partial charge on any atom is 0.320 e. The van der Waals surface area contributed by atoms with Gasteiger partial charge in [0.05, 0.1) is 0 Å². The van der Waals surface area contributed by atoms with Gasteiger partial charge in [0.15, 0.2) is 0 Å². The molecule has 0 bridgehead atoms. The number of hydrogen-bond acceptors (Lipinski definition) is 3. The number of carboxylic acids is 1. The molecule has 1 unspecified atom stereocenters. The molecule has 1 rings (SSSR count). The first-order chi connectivity index (χ1) is 8.60. The highest BCUT2D eigenvalue weighted by Crippen LogP contribution is 2.25. The topological polar surface area (TPSA) is 66.6 Å². The molecule has 1 atom stereocenters. The zero-order valence-corrected chi connectivity index (χ0v) is 11.8. The molecule has 0 aromatic heterocycles. The molecule has 1 saturated carbocycles. The summed E-state index contributed by atoms with van der Waals surface area (Å²) < 4.78 is 0. The lowest BCUT2D eigenvalue weighted by molar-refractivity contribution is -0.145. The average Bonchev–Trinajstić information content (AvgIpc) is 2.34. The Morgan fingerprint density at radius 2 is 1.89 bits per heavy atom. The van der Waals surface area contributed by atoms with Crippen LogP contribution in [-0.2, 0) is 4.79 Å². The smallest absolute Gasteiger partial charge is 0.320 e. The lowest BCUT2D eigenvalue weighted by Crippen LogP contribution is -2.49. The number of carboxylic acid groups (broad SMARTS) is 1. The van der Waals surface area contributed by atoms with Crippen LogP contribution in [0.15, 0.2) is 0 Å². The van der Waals surface area contributed by atoms with Crippen LogP contribution in [0.4, 0.5) is 0 Å².